The van der Waals surface area contributed by atoms with Gasteiger partial charge in [-0.05, 0) is 74.0 Å². The van der Waals surface area contributed by atoms with Crippen molar-refractivity contribution in [3.05, 3.63) is 59.2 Å². The molecule has 0 saturated carbocycles. The van der Waals surface area contributed by atoms with Crippen molar-refractivity contribution in [2.24, 2.45) is 5.92 Å². The van der Waals surface area contributed by atoms with Crippen LogP contribution in [0.1, 0.15) is 30.0 Å². The SMILES string of the molecule is COc1ccc2c(c1)C1(C)CCN(C)C(C2)C1COc1ccc(C#N)cc1. The number of likely N-dealkylation sites (tertiary alicyclic amines) is 1. The largest absolute Gasteiger partial charge is 0.497 e. The average Bonchev–Trinajstić information content (AvgIpc) is 2.70. The van der Waals surface area contributed by atoms with Crippen LogP contribution in [0.5, 0.6) is 11.5 Å². The number of nitrogens with zero attached hydrogens (tertiary/aromatic N) is 2. The van der Waals surface area contributed by atoms with E-state index in [0.717, 1.165) is 30.9 Å². The molecule has 2 aromatic rings. The summed E-state index contributed by atoms with van der Waals surface area (Å²) in [5.74, 6) is 2.17. The molecule has 1 aliphatic carbocycles. The first-order valence-corrected chi connectivity index (χ1v) is 9.56. The van der Waals surface area contributed by atoms with E-state index in [4.69, 9.17) is 14.7 Å². The molecule has 1 fully saturated rings. The number of rotatable bonds is 4. The van der Waals surface area contributed by atoms with Crippen LogP contribution in [-0.2, 0) is 11.8 Å². The van der Waals surface area contributed by atoms with Crippen LogP contribution in [0, 0.1) is 17.2 Å². The maximum absolute atomic E-state index is 8.96. The monoisotopic (exact) mass is 362 g/mol. The summed E-state index contributed by atoms with van der Waals surface area (Å²) in [6, 6.07) is 16.6. The molecule has 3 unspecified atom stereocenters. The molecule has 3 atom stereocenters. The van der Waals surface area contributed by atoms with Gasteiger partial charge in [0.15, 0.2) is 0 Å². The molecular formula is C23H26N2O2. The minimum Gasteiger partial charge on any atom is -0.497 e. The molecule has 0 spiro atoms. The van der Waals surface area contributed by atoms with E-state index >= 15 is 0 Å². The summed E-state index contributed by atoms with van der Waals surface area (Å²) < 4.78 is 11.7. The van der Waals surface area contributed by atoms with Crippen molar-refractivity contribution >= 4 is 0 Å². The fourth-order valence-corrected chi connectivity index (χ4v) is 4.85. The predicted molar refractivity (Wildman–Crippen MR) is 105 cm³/mol. The van der Waals surface area contributed by atoms with Crippen molar-refractivity contribution < 1.29 is 9.47 Å². The normalized spacial score (nSPS) is 26.7. The molecule has 2 aromatic carbocycles. The lowest BCUT2D eigenvalue weighted by Crippen LogP contribution is -2.59. The Morgan fingerprint density at radius 2 is 1.93 bits per heavy atom. The number of likely N-dealkylation sites (N-methyl/N-ethyl adjacent to an activating group) is 1. The fourth-order valence-electron chi connectivity index (χ4n) is 4.85. The maximum Gasteiger partial charge on any atom is 0.119 e. The molecule has 4 rings (SSSR count). The number of nitriles is 1. The van der Waals surface area contributed by atoms with Crippen LogP contribution < -0.4 is 9.47 Å². The van der Waals surface area contributed by atoms with Gasteiger partial charge in [-0.25, -0.2) is 0 Å². The van der Waals surface area contributed by atoms with Crippen LogP contribution in [0.3, 0.4) is 0 Å². The second kappa shape index (κ2) is 6.90. The highest BCUT2D eigenvalue weighted by Crippen LogP contribution is 2.49. The van der Waals surface area contributed by atoms with Crippen LogP contribution in [0.4, 0.5) is 0 Å². The number of piperidine rings is 1. The Morgan fingerprint density at radius 3 is 2.63 bits per heavy atom. The van der Waals surface area contributed by atoms with Crippen LogP contribution >= 0.6 is 0 Å². The summed E-state index contributed by atoms with van der Waals surface area (Å²) in [4.78, 5) is 2.49. The number of fused-ring (bicyclic) bond motifs is 4. The number of benzene rings is 2. The summed E-state index contributed by atoms with van der Waals surface area (Å²) in [6.45, 7) is 4.16. The molecule has 0 radical (unpaired) electrons. The Kier molecular flexibility index (Phi) is 4.57. The van der Waals surface area contributed by atoms with Crippen molar-refractivity contribution in [3.8, 4) is 17.6 Å². The second-order valence-electron chi connectivity index (χ2n) is 8.00. The molecule has 1 saturated heterocycles. The van der Waals surface area contributed by atoms with Gasteiger partial charge in [0.1, 0.15) is 11.5 Å². The lowest BCUT2D eigenvalue weighted by molar-refractivity contribution is 0.0118. The molecule has 4 heteroatoms. The molecule has 4 nitrogen and oxygen atoms in total. The van der Waals surface area contributed by atoms with Crippen molar-refractivity contribution in [1.29, 1.82) is 5.26 Å². The van der Waals surface area contributed by atoms with Gasteiger partial charge >= 0.3 is 0 Å². The highest BCUT2D eigenvalue weighted by Gasteiger charge is 2.50. The number of hydrogen-bond acceptors (Lipinski definition) is 4. The maximum atomic E-state index is 8.96. The Labute approximate surface area is 161 Å². The molecule has 27 heavy (non-hydrogen) atoms. The fraction of sp³-hybridized carbons (Fsp3) is 0.435. The van der Waals surface area contributed by atoms with Gasteiger partial charge < -0.3 is 14.4 Å². The van der Waals surface area contributed by atoms with Crippen molar-refractivity contribution in [2.45, 2.75) is 31.2 Å². The van der Waals surface area contributed by atoms with E-state index in [1.807, 2.05) is 24.3 Å². The first-order chi connectivity index (χ1) is 13.0. The summed E-state index contributed by atoms with van der Waals surface area (Å²) in [5.41, 5.74) is 3.58. The van der Waals surface area contributed by atoms with E-state index in [1.54, 1.807) is 7.11 Å². The molecule has 0 aromatic heterocycles. The van der Waals surface area contributed by atoms with Crippen molar-refractivity contribution in [2.75, 3.05) is 27.3 Å². The van der Waals surface area contributed by atoms with Gasteiger partial charge in [-0.15, -0.1) is 0 Å². The van der Waals surface area contributed by atoms with Gasteiger partial charge in [0.05, 0.1) is 25.3 Å². The minimum atomic E-state index is 0.0753. The standard InChI is InChI=1S/C23H26N2O2/c1-23-10-11-25(2)22(12-17-6-9-19(26-3)13-20(17)23)21(23)15-27-18-7-4-16(14-24)5-8-18/h4-9,13,21-22H,10-12,15H2,1-3H3. The zero-order chi connectivity index (χ0) is 19.0. The van der Waals surface area contributed by atoms with Gasteiger partial charge in [0.25, 0.3) is 0 Å². The number of ether oxygens (including phenoxy) is 2. The Morgan fingerprint density at radius 1 is 1.19 bits per heavy atom. The van der Waals surface area contributed by atoms with Gasteiger partial charge in [0.2, 0.25) is 0 Å². The van der Waals surface area contributed by atoms with E-state index in [1.165, 1.54) is 11.1 Å². The predicted octanol–water partition coefficient (Wildman–Crippen LogP) is 3.78. The molecule has 1 heterocycles. The first-order valence-electron chi connectivity index (χ1n) is 9.56. The second-order valence-corrected chi connectivity index (χ2v) is 8.00. The topological polar surface area (TPSA) is 45.5 Å². The summed E-state index contributed by atoms with van der Waals surface area (Å²) in [7, 11) is 3.96. The third kappa shape index (κ3) is 3.07. The van der Waals surface area contributed by atoms with Crippen LogP contribution in [0.15, 0.2) is 42.5 Å². The van der Waals surface area contributed by atoms with Gasteiger partial charge in [-0.1, -0.05) is 13.0 Å². The van der Waals surface area contributed by atoms with Crippen LogP contribution in [0.25, 0.3) is 0 Å². The molecule has 140 valence electrons. The summed E-state index contributed by atoms with van der Waals surface area (Å²) >= 11 is 0. The van der Waals surface area contributed by atoms with E-state index in [2.05, 4.69) is 43.1 Å². The van der Waals surface area contributed by atoms with E-state index in [9.17, 15) is 0 Å². The van der Waals surface area contributed by atoms with E-state index < -0.39 is 0 Å². The smallest absolute Gasteiger partial charge is 0.119 e. The average molecular weight is 362 g/mol. The van der Waals surface area contributed by atoms with Crippen LogP contribution in [-0.4, -0.2) is 38.3 Å². The van der Waals surface area contributed by atoms with Crippen molar-refractivity contribution in [3.63, 3.8) is 0 Å². The Hall–Kier alpha value is -2.51. The third-order valence-corrected chi connectivity index (χ3v) is 6.61. The Balaban J connectivity index is 1.63. The molecule has 2 aliphatic rings. The van der Waals surface area contributed by atoms with Gasteiger partial charge in [-0.3, -0.25) is 0 Å². The van der Waals surface area contributed by atoms with E-state index in [-0.39, 0.29) is 5.41 Å². The zero-order valence-electron chi connectivity index (χ0n) is 16.2. The van der Waals surface area contributed by atoms with E-state index in [0.29, 0.717) is 24.1 Å². The molecule has 1 aliphatic heterocycles. The van der Waals surface area contributed by atoms with Crippen molar-refractivity contribution in [1.82, 2.24) is 4.90 Å². The summed E-state index contributed by atoms with van der Waals surface area (Å²) in [6.07, 6.45) is 2.16. The van der Waals surface area contributed by atoms with Gasteiger partial charge in [-0.2, -0.15) is 5.26 Å². The quantitative estimate of drug-likeness (QED) is 0.830. The van der Waals surface area contributed by atoms with Gasteiger partial charge in [0, 0.05) is 17.4 Å². The Bertz CT molecular complexity index is 871. The lowest BCUT2D eigenvalue weighted by atomic mass is 9.58. The molecule has 2 bridgehead atoms. The lowest BCUT2D eigenvalue weighted by Gasteiger charge is -2.54. The van der Waals surface area contributed by atoms with Crippen LogP contribution in [0.2, 0.25) is 0 Å². The summed E-state index contributed by atoms with van der Waals surface area (Å²) in [5, 5.41) is 8.96. The highest BCUT2D eigenvalue weighted by atomic mass is 16.5. The molecular weight excluding hydrogens is 336 g/mol. The molecule has 0 N–H and O–H groups in total. The molecule has 0 amide bonds. The highest BCUT2D eigenvalue weighted by molar-refractivity contribution is 5.45. The third-order valence-electron chi connectivity index (χ3n) is 6.61. The first kappa shape index (κ1) is 17.9. The minimum absolute atomic E-state index is 0.0753. The number of hydrogen-bond donors (Lipinski definition) is 0. The number of methoxy groups -OCH3 is 1. The zero-order valence-corrected chi connectivity index (χ0v) is 16.2.